The summed E-state index contributed by atoms with van der Waals surface area (Å²) in [6.45, 7) is 15.0. The lowest BCUT2D eigenvalue weighted by Gasteiger charge is -2.24. The number of nitrogens with zero attached hydrogens (tertiary/aromatic N) is 6. The van der Waals surface area contributed by atoms with E-state index in [2.05, 4.69) is 30.1 Å². The first kappa shape index (κ1) is 28.4. The van der Waals surface area contributed by atoms with Crippen LogP contribution in [-0.4, -0.2) is 68.7 Å². The largest absolute Gasteiger partial charge is 0.444 e. The summed E-state index contributed by atoms with van der Waals surface area (Å²) in [4.78, 5) is 24.1. The molecule has 10 nitrogen and oxygen atoms in total. The second kappa shape index (κ2) is 11.2. The molecule has 38 heavy (non-hydrogen) atoms. The van der Waals surface area contributed by atoms with Crippen molar-refractivity contribution in [3.05, 3.63) is 29.3 Å². The van der Waals surface area contributed by atoms with Crippen molar-refractivity contribution in [2.75, 3.05) is 25.0 Å². The predicted molar refractivity (Wildman–Crippen MR) is 153 cm³/mol. The first-order chi connectivity index (χ1) is 17.8. The number of hydrogen-bond donors (Lipinski definition) is 1. The molecule has 0 radical (unpaired) electrons. The summed E-state index contributed by atoms with van der Waals surface area (Å²) in [7, 11) is 0.669. The predicted octanol–water partition coefficient (Wildman–Crippen LogP) is 5.67. The molecule has 1 fully saturated rings. The number of carbonyl (C=O) groups is 1. The number of carbonyl (C=O) groups excluding carboxylic acids is 1. The van der Waals surface area contributed by atoms with E-state index in [0.717, 1.165) is 34.9 Å². The molecule has 1 N–H and O–H groups in total. The van der Waals surface area contributed by atoms with Gasteiger partial charge in [0.15, 0.2) is 0 Å². The second-order valence-corrected chi connectivity index (χ2v) is 18.3. The number of likely N-dealkylation sites (tertiary alicyclic amines) is 1. The number of ether oxygens (including phenoxy) is 2. The van der Waals surface area contributed by atoms with Crippen molar-refractivity contribution < 1.29 is 14.3 Å². The van der Waals surface area contributed by atoms with Crippen LogP contribution in [0.2, 0.25) is 30.7 Å². The van der Waals surface area contributed by atoms with Crippen LogP contribution in [0.5, 0.6) is 0 Å². The fourth-order valence-electron chi connectivity index (χ4n) is 4.43. The average Bonchev–Trinajstić information content (AvgIpc) is 3.49. The zero-order valence-corrected chi connectivity index (χ0v) is 25.3. The van der Waals surface area contributed by atoms with Gasteiger partial charge in [-0.2, -0.15) is 10.1 Å². The summed E-state index contributed by atoms with van der Waals surface area (Å²) in [6, 6.07) is 1.09. The molecule has 0 bridgehead atoms. The van der Waals surface area contributed by atoms with Gasteiger partial charge in [-0.05, 0) is 45.6 Å². The molecule has 0 spiro atoms. The Bertz CT molecular complexity index is 1280. The van der Waals surface area contributed by atoms with E-state index in [9.17, 15) is 4.79 Å². The molecule has 12 heteroatoms. The molecule has 1 amide bonds. The van der Waals surface area contributed by atoms with Gasteiger partial charge in [0, 0.05) is 47.2 Å². The van der Waals surface area contributed by atoms with Crippen molar-refractivity contribution in [1.29, 1.82) is 0 Å². The summed E-state index contributed by atoms with van der Waals surface area (Å²) in [5, 5.41) is 8.93. The number of rotatable bonds is 9. The normalized spacial score (nSPS) is 16.4. The lowest BCUT2D eigenvalue weighted by atomic mass is 10.0. The highest BCUT2D eigenvalue weighted by molar-refractivity contribution is 6.76. The van der Waals surface area contributed by atoms with Gasteiger partial charge in [-0.1, -0.05) is 31.2 Å². The summed E-state index contributed by atoms with van der Waals surface area (Å²) >= 11 is 6.75. The maximum Gasteiger partial charge on any atom is 0.410 e. The third kappa shape index (κ3) is 7.48. The highest BCUT2D eigenvalue weighted by Gasteiger charge is 2.31. The van der Waals surface area contributed by atoms with Gasteiger partial charge in [0.2, 0.25) is 5.95 Å². The van der Waals surface area contributed by atoms with Crippen LogP contribution in [0, 0.1) is 5.92 Å². The molecule has 3 aromatic heterocycles. The van der Waals surface area contributed by atoms with E-state index in [-0.39, 0.29) is 12.0 Å². The Morgan fingerprint density at radius 2 is 2.00 bits per heavy atom. The van der Waals surface area contributed by atoms with E-state index < -0.39 is 13.7 Å². The summed E-state index contributed by atoms with van der Waals surface area (Å²) in [5.74, 6) is 0.708. The van der Waals surface area contributed by atoms with E-state index >= 15 is 0 Å². The first-order valence-electron chi connectivity index (χ1n) is 13.1. The van der Waals surface area contributed by atoms with E-state index in [1.54, 1.807) is 15.8 Å². The number of fused-ring (bicyclic) bond motifs is 1. The van der Waals surface area contributed by atoms with Crippen molar-refractivity contribution >= 4 is 48.4 Å². The highest BCUT2D eigenvalue weighted by atomic mass is 35.5. The first-order valence-corrected chi connectivity index (χ1v) is 17.2. The molecule has 4 heterocycles. The summed E-state index contributed by atoms with van der Waals surface area (Å²) < 4.78 is 15.3. The van der Waals surface area contributed by atoms with Crippen LogP contribution in [0.1, 0.15) is 32.9 Å². The number of anilines is 2. The fourth-order valence-corrected chi connectivity index (χ4v) is 5.50. The molecule has 3 aromatic rings. The van der Waals surface area contributed by atoms with Gasteiger partial charge in [0.1, 0.15) is 18.0 Å². The molecule has 0 saturated carbocycles. The molecule has 0 unspecified atom stereocenters. The Hall–Kier alpha value is -2.63. The van der Waals surface area contributed by atoms with E-state index in [1.165, 1.54) is 0 Å². The molecular formula is C26H40ClN7O3Si. The van der Waals surface area contributed by atoms with Crippen molar-refractivity contribution in [2.24, 2.45) is 13.0 Å². The summed E-state index contributed by atoms with van der Waals surface area (Å²) in [5.41, 5.74) is 1.85. The molecule has 0 aromatic carbocycles. The third-order valence-corrected chi connectivity index (χ3v) is 8.34. The van der Waals surface area contributed by atoms with Crippen LogP contribution in [0.25, 0.3) is 11.0 Å². The molecule has 1 atom stereocenters. The zero-order chi connectivity index (χ0) is 27.7. The maximum atomic E-state index is 12.6. The monoisotopic (exact) mass is 561 g/mol. The Morgan fingerprint density at radius 3 is 2.66 bits per heavy atom. The molecule has 208 valence electrons. The van der Waals surface area contributed by atoms with Crippen molar-refractivity contribution in [3.63, 3.8) is 0 Å². The minimum Gasteiger partial charge on any atom is -0.444 e. The van der Waals surface area contributed by atoms with E-state index in [4.69, 9.17) is 31.0 Å². The molecule has 1 aliphatic heterocycles. The number of aromatic nitrogens is 5. The quantitative estimate of drug-likeness (QED) is 0.265. The Kier molecular flexibility index (Phi) is 8.39. The second-order valence-electron chi connectivity index (χ2n) is 12.3. The van der Waals surface area contributed by atoms with Crippen molar-refractivity contribution in [1.82, 2.24) is 29.2 Å². The maximum absolute atomic E-state index is 12.6. The topological polar surface area (TPSA) is 99.3 Å². The van der Waals surface area contributed by atoms with Crippen LogP contribution >= 0.6 is 11.6 Å². The van der Waals surface area contributed by atoms with Crippen LogP contribution in [0.4, 0.5) is 16.4 Å². The smallest absolute Gasteiger partial charge is 0.410 e. The van der Waals surface area contributed by atoms with Crippen molar-refractivity contribution in [3.8, 4) is 0 Å². The van der Waals surface area contributed by atoms with Gasteiger partial charge in [-0.25, -0.2) is 9.78 Å². The van der Waals surface area contributed by atoms with Crippen LogP contribution in [-0.2, 0) is 29.7 Å². The van der Waals surface area contributed by atoms with Crippen LogP contribution in [0.3, 0.4) is 0 Å². The lowest BCUT2D eigenvalue weighted by Crippen LogP contribution is -2.35. The molecule has 0 aliphatic carbocycles. The minimum absolute atomic E-state index is 0.235. The fraction of sp³-hybridized carbons (Fsp3) is 0.615. The highest BCUT2D eigenvalue weighted by Crippen LogP contribution is 2.32. The minimum atomic E-state index is -1.19. The number of hydrogen-bond acceptors (Lipinski definition) is 7. The van der Waals surface area contributed by atoms with E-state index in [0.29, 0.717) is 43.8 Å². The molecule has 1 saturated heterocycles. The van der Waals surface area contributed by atoms with Crippen LogP contribution < -0.4 is 5.32 Å². The Balaban J connectivity index is 1.58. The average molecular weight is 562 g/mol. The standard InChI is InChI=1S/C26H40ClN7O3Si/c1-26(2,3)37-25(35)33-9-8-18(14-33)12-21-22-20(27)16-34(17-36-10-11-38(5,6)7)23(22)31-24(30-21)29-19-13-28-32(4)15-19/h13,15-16,18H,8-12,14,17H2,1-7H3,(H,29,30,31)/t18-/m0/s1. The number of halogens is 1. The SMILES string of the molecule is Cn1cc(Nc2nc(C[C@@H]3CCN(C(=O)OC(C)(C)C)C3)c3c(Cl)cn(COCC[Si](C)(C)C)c3n2)cn1. The van der Waals surface area contributed by atoms with Gasteiger partial charge in [-0.15, -0.1) is 0 Å². The number of nitrogens with one attached hydrogen (secondary N) is 1. The lowest BCUT2D eigenvalue weighted by molar-refractivity contribution is 0.0288. The number of aryl methyl sites for hydroxylation is 1. The van der Waals surface area contributed by atoms with Gasteiger partial charge in [0.25, 0.3) is 0 Å². The van der Waals surface area contributed by atoms with Crippen LogP contribution in [0.15, 0.2) is 18.6 Å². The van der Waals surface area contributed by atoms with Gasteiger partial charge < -0.3 is 24.3 Å². The Labute approximate surface area is 230 Å². The van der Waals surface area contributed by atoms with E-state index in [1.807, 2.05) is 44.8 Å². The van der Waals surface area contributed by atoms with Crippen molar-refractivity contribution in [2.45, 2.75) is 71.6 Å². The molecule has 1 aliphatic rings. The zero-order valence-electron chi connectivity index (χ0n) is 23.5. The summed E-state index contributed by atoms with van der Waals surface area (Å²) in [6.07, 6.45) is 6.73. The van der Waals surface area contributed by atoms with Gasteiger partial charge >= 0.3 is 6.09 Å². The Morgan fingerprint density at radius 1 is 1.24 bits per heavy atom. The van der Waals surface area contributed by atoms with Gasteiger partial charge in [-0.3, -0.25) is 4.68 Å². The van der Waals surface area contributed by atoms with Gasteiger partial charge in [0.05, 0.1) is 28.0 Å². The molecular weight excluding hydrogens is 522 g/mol. The molecule has 4 rings (SSSR count). The third-order valence-electron chi connectivity index (χ3n) is 6.35. The number of amides is 1.